The summed E-state index contributed by atoms with van der Waals surface area (Å²) in [5.74, 6) is 0. The average Bonchev–Trinajstić information content (AvgIpc) is 3.23. The first-order chi connectivity index (χ1) is 12.8. The van der Waals surface area contributed by atoms with Crippen molar-refractivity contribution in [3.8, 4) is 28.2 Å². The number of nitrogens with zero attached hydrogens (tertiary/aromatic N) is 6. The molecule has 0 spiro atoms. The van der Waals surface area contributed by atoms with E-state index in [1.165, 1.54) is 0 Å². The third-order valence-corrected chi connectivity index (χ3v) is 4.82. The highest BCUT2D eigenvalue weighted by molar-refractivity contribution is 6.34. The summed E-state index contributed by atoms with van der Waals surface area (Å²) in [5, 5.41) is 14.9. The highest BCUT2D eigenvalue weighted by Gasteiger charge is 2.19. The fourth-order valence-corrected chi connectivity index (χ4v) is 3.78. The molecule has 6 nitrogen and oxygen atoms in total. The van der Waals surface area contributed by atoms with Crippen LogP contribution in [0.2, 0.25) is 10.0 Å². The molecule has 0 bridgehead atoms. The number of rotatable bonds is 3. The van der Waals surface area contributed by atoms with Gasteiger partial charge in [0.1, 0.15) is 0 Å². The van der Waals surface area contributed by atoms with E-state index in [0.29, 0.717) is 10.0 Å². The molecule has 0 aliphatic carbocycles. The van der Waals surface area contributed by atoms with E-state index >= 15 is 0 Å². The highest BCUT2D eigenvalue weighted by Crippen LogP contribution is 2.32. The zero-order valence-electron chi connectivity index (χ0n) is 15.4. The van der Waals surface area contributed by atoms with Gasteiger partial charge in [0.05, 0.1) is 28.5 Å². The van der Waals surface area contributed by atoms with Gasteiger partial charge in [-0.15, -0.1) is 0 Å². The zero-order chi connectivity index (χ0) is 19.3. The molecule has 138 valence electrons. The molecular weight excluding hydrogens is 383 g/mol. The van der Waals surface area contributed by atoms with E-state index in [2.05, 4.69) is 10.2 Å². The number of halogens is 2. The molecule has 1 aromatic carbocycles. The van der Waals surface area contributed by atoms with Crippen LogP contribution in [0.3, 0.4) is 0 Å². The number of hydrogen-bond donors (Lipinski definition) is 0. The van der Waals surface area contributed by atoms with E-state index in [4.69, 9.17) is 28.3 Å². The Morgan fingerprint density at radius 1 is 0.741 bits per heavy atom. The van der Waals surface area contributed by atoms with E-state index in [9.17, 15) is 0 Å². The lowest BCUT2D eigenvalue weighted by molar-refractivity contribution is 0.756. The number of aryl methyl sites for hydroxylation is 4. The largest absolute Gasteiger partial charge is 0.275 e. The topological polar surface area (TPSA) is 53.5 Å². The third kappa shape index (κ3) is 3.26. The Bertz CT molecular complexity index is 1130. The van der Waals surface area contributed by atoms with Gasteiger partial charge in [-0.3, -0.25) is 9.36 Å². The van der Waals surface area contributed by atoms with Gasteiger partial charge in [0, 0.05) is 47.7 Å². The Balaban J connectivity index is 1.98. The molecule has 3 heterocycles. The maximum absolute atomic E-state index is 6.23. The molecule has 8 heteroatoms. The van der Waals surface area contributed by atoms with Gasteiger partial charge in [-0.1, -0.05) is 23.2 Å². The molecule has 0 atom stereocenters. The molecule has 4 rings (SSSR count). The molecule has 3 aromatic heterocycles. The maximum atomic E-state index is 6.23. The van der Waals surface area contributed by atoms with Crippen molar-refractivity contribution in [2.45, 2.75) is 13.8 Å². The van der Waals surface area contributed by atoms with Crippen molar-refractivity contribution >= 4 is 23.2 Å². The van der Waals surface area contributed by atoms with Crippen LogP contribution in [0, 0.1) is 13.8 Å². The molecule has 4 aromatic rings. The molecule has 0 unspecified atom stereocenters. The summed E-state index contributed by atoms with van der Waals surface area (Å²) < 4.78 is 5.43. The Morgan fingerprint density at radius 2 is 1.30 bits per heavy atom. The lowest BCUT2D eigenvalue weighted by Gasteiger charge is -2.08. The van der Waals surface area contributed by atoms with E-state index in [1.807, 2.05) is 63.2 Å². The van der Waals surface area contributed by atoms with Crippen LogP contribution in [0.5, 0.6) is 0 Å². The number of benzene rings is 1. The molecular formula is C19H18Cl2N6. The summed E-state index contributed by atoms with van der Waals surface area (Å²) in [5.41, 5.74) is 6.34. The van der Waals surface area contributed by atoms with Gasteiger partial charge >= 0.3 is 0 Å². The lowest BCUT2D eigenvalue weighted by atomic mass is 10.1. The van der Waals surface area contributed by atoms with Gasteiger partial charge in [0.15, 0.2) is 0 Å². The second kappa shape index (κ2) is 6.55. The second-order valence-corrected chi connectivity index (χ2v) is 7.43. The average molecular weight is 401 g/mol. The predicted molar refractivity (Wildman–Crippen MR) is 107 cm³/mol. The van der Waals surface area contributed by atoms with E-state index in [0.717, 1.165) is 39.6 Å². The highest BCUT2D eigenvalue weighted by atomic mass is 35.5. The minimum atomic E-state index is 0.556. The molecule has 0 amide bonds. The maximum Gasteiger partial charge on any atom is 0.0968 e. The first kappa shape index (κ1) is 17.8. The van der Waals surface area contributed by atoms with Crippen LogP contribution in [0.25, 0.3) is 28.2 Å². The second-order valence-electron chi connectivity index (χ2n) is 6.56. The van der Waals surface area contributed by atoms with Gasteiger partial charge in [-0.2, -0.15) is 15.3 Å². The molecule has 0 aliphatic rings. The van der Waals surface area contributed by atoms with Crippen LogP contribution < -0.4 is 0 Å². The summed E-state index contributed by atoms with van der Waals surface area (Å²) in [4.78, 5) is 0. The van der Waals surface area contributed by atoms with Crippen LogP contribution in [-0.4, -0.2) is 29.3 Å². The fraction of sp³-hybridized carbons (Fsp3) is 0.211. The molecule has 0 aliphatic heterocycles. The van der Waals surface area contributed by atoms with E-state index < -0.39 is 0 Å². The summed E-state index contributed by atoms with van der Waals surface area (Å²) in [6.07, 6.45) is 3.95. The van der Waals surface area contributed by atoms with E-state index in [-0.39, 0.29) is 0 Å². The van der Waals surface area contributed by atoms with Crippen LogP contribution in [0.15, 0.2) is 36.7 Å². The van der Waals surface area contributed by atoms with Gasteiger partial charge in [-0.05, 0) is 38.1 Å². The van der Waals surface area contributed by atoms with Crippen LogP contribution in [-0.2, 0) is 14.1 Å². The molecule has 0 radical (unpaired) electrons. The summed E-state index contributed by atoms with van der Waals surface area (Å²) in [6, 6.07) is 7.44. The fourth-order valence-electron chi connectivity index (χ4n) is 3.27. The molecule has 0 N–H and O–H groups in total. The van der Waals surface area contributed by atoms with Crippen molar-refractivity contribution in [3.05, 3.63) is 58.1 Å². The van der Waals surface area contributed by atoms with Crippen LogP contribution >= 0.6 is 23.2 Å². The SMILES string of the molecule is Cc1nn(C)cc1-c1cc(-c2cn(C)nc2C)n(-c2cc(Cl)cc(Cl)c2)n1. The minimum absolute atomic E-state index is 0.556. The van der Waals surface area contributed by atoms with Gasteiger partial charge in [-0.25, -0.2) is 4.68 Å². The molecule has 27 heavy (non-hydrogen) atoms. The predicted octanol–water partition coefficient (Wildman–Crippen LogP) is 4.60. The first-order valence-corrected chi connectivity index (χ1v) is 9.15. The molecule has 0 fully saturated rings. The van der Waals surface area contributed by atoms with Crippen molar-refractivity contribution in [2.24, 2.45) is 14.1 Å². The normalized spacial score (nSPS) is 11.3. The van der Waals surface area contributed by atoms with Crippen molar-refractivity contribution in [1.29, 1.82) is 0 Å². The van der Waals surface area contributed by atoms with Crippen LogP contribution in [0.1, 0.15) is 11.4 Å². The standard InChI is InChI=1S/C19H18Cl2N6/c1-11-16(9-25(3)22-11)18-8-19(17-10-26(4)23-12(17)2)27(24-18)15-6-13(20)5-14(21)7-15/h5-10H,1-4H3. The third-order valence-electron chi connectivity index (χ3n) is 4.38. The minimum Gasteiger partial charge on any atom is -0.275 e. The van der Waals surface area contributed by atoms with Crippen molar-refractivity contribution in [2.75, 3.05) is 0 Å². The van der Waals surface area contributed by atoms with E-state index in [1.54, 1.807) is 15.4 Å². The van der Waals surface area contributed by atoms with Crippen LogP contribution in [0.4, 0.5) is 0 Å². The lowest BCUT2D eigenvalue weighted by Crippen LogP contribution is -2.00. The van der Waals surface area contributed by atoms with Crippen molar-refractivity contribution in [3.63, 3.8) is 0 Å². The summed E-state index contributed by atoms with van der Waals surface area (Å²) in [6.45, 7) is 3.95. The monoisotopic (exact) mass is 400 g/mol. The molecule has 0 saturated carbocycles. The Hall–Kier alpha value is -2.57. The number of hydrogen-bond acceptors (Lipinski definition) is 3. The van der Waals surface area contributed by atoms with Crippen molar-refractivity contribution < 1.29 is 0 Å². The Morgan fingerprint density at radius 3 is 1.81 bits per heavy atom. The smallest absolute Gasteiger partial charge is 0.0968 e. The Labute approximate surface area is 166 Å². The summed E-state index contributed by atoms with van der Waals surface area (Å²) >= 11 is 12.5. The summed E-state index contributed by atoms with van der Waals surface area (Å²) in [7, 11) is 3.80. The Kier molecular flexibility index (Phi) is 4.32. The molecule has 0 saturated heterocycles. The quantitative estimate of drug-likeness (QED) is 0.504. The first-order valence-electron chi connectivity index (χ1n) is 8.39. The number of aromatic nitrogens is 6. The van der Waals surface area contributed by atoms with Gasteiger partial charge < -0.3 is 0 Å². The van der Waals surface area contributed by atoms with Crippen molar-refractivity contribution in [1.82, 2.24) is 29.3 Å². The van der Waals surface area contributed by atoms with Gasteiger partial charge in [0.25, 0.3) is 0 Å². The zero-order valence-corrected chi connectivity index (χ0v) is 16.9. The van der Waals surface area contributed by atoms with Gasteiger partial charge in [0.2, 0.25) is 0 Å².